The molecule has 2 aromatic rings. The number of nitrogens with zero attached hydrogens (tertiary/aromatic N) is 2. The highest BCUT2D eigenvalue weighted by Crippen LogP contribution is 2.24. The van der Waals surface area contributed by atoms with E-state index in [0.29, 0.717) is 12.2 Å². The van der Waals surface area contributed by atoms with E-state index in [1.54, 1.807) is 0 Å². The summed E-state index contributed by atoms with van der Waals surface area (Å²) in [7, 11) is 0. The third kappa shape index (κ3) is 2.73. The molecule has 0 bridgehead atoms. The van der Waals surface area contributed by atoms with Crippen LogP contribution >= 0.6 is 11.5 Å². The van der Waals surface area contributed by atoms with Crippen LogP contribution in [0.25, 0.3) is 0 Å². The van der Waals surface area contributed by atoms with Crippen LogP contribution in [0.15, 0.2) is 18.2 Å². The van der Waals surface area contributed by atoms with Gasteiger partial charge in [-0.2, -0.15) is 0 Å². The van der Waals surface area contributed by atoms with Crippen LogP contribution in [0.5, 0.6) is 5.75 Å². The molecular formula is C11H11F2N3OS. The minimum Gasteiger partial charge on any atom is -0.481 e. The molecule has 0 saturated heterocycles. The van der Waals surface area contributed by atoms with Crippen LogP contribution in [-0.4, -0.2) is 16.1 Å². The summed E-state index contributed by atoms with van der Waals surface area (Å²) in [6.07, 6.45) is 0. The van der Waals surface area contributed by atoms with Crippen molar-refractivity contribution >= 4 is 16.5 Å². The Labute approximate surface area is 107 Å². The zero-order valence-corrected chi connectivity index (χ0v) is 10.4. The van der Waals surface area contributed by atoms with Crippen molar-refractivity contribution in [2.75, 3.05) is 11.9 Å². The zero-order chi connectivity index (χ0) is 13.0. The zero-order valence-electron chi connectivity index (χ0n) is 9.61. The third-order valence-electron chi connectivity index (χ3n) is 2.17. The normalized spacial score (nSPS) is 10.4. The minimum atomic E-state index is -0.733. The van der Waals surface area contributed by atoms with Gasteiger partial charge in [0, 0.05) is 18.1 Å². The van der Waals surface area contributed by atoms with Crippen molar-refractivity contribution < 1.29 is 13.5 Å². The lowest BCUT2D eigenvalue weighted by molar-refractivity contribution is 0.270. The maximum atomic E-state index is 13.3. The van der Waals surface area contributed by atoms with Gasteiger partial charge in [-0.25, -0.2) is 8.78 Å². The molecule has 0 aliphatic carbocycles. The lowest BCUT2D eigenvalue weighted by Crippen LogP contribution is -2.04. The lowest BCUT2D eigenvalue weighted by atomic mass is 10.3. The number of rotatable bonds is 5. The van der Waals surface area contributed by atoms with Gasteiger partial charge in [-0.3, -0.25) is 0 Å². The van der Waals surface area contributed by atoms with Crippen LogP contribution in [0.4, 0.5) is 13.8 Å². The molecule has 96 valence electrons. The van der Waals surface area contributed by atoms with Gasteiger partial charge in [0.15, 0.2) is 17.4 Å². The topological polar surface area (TPSA) is 47.0 Å². The highest BCUT2D eigenvalue weighted by atomic mass is 32.1. The lowest BCUT2D eigenvalue weighted by Gasteiger charge is -2.07. The molecule has 18 heavy (non-hydrogen) atoms. The second kappa shape index (κ2) is 5.72. The largest absolute Gasteiger partial charge is 0.481 e. The Morgan fingerprint density at radius 2 is 2.06 bits per heavy atom. The average molecular weight is 271 g/mol. The number of nitrogens with one attached hydrogen (secondary N) is 1. The Hall–Kier alpha value is -1.76. The van der Waals surface area contributed by atoms with Gasteiger partial charge < -0.3 is 10.1 Å². The highest BCUT2D eigenvalue weighted by Gasteiger charge is 2.13. The van der Waals surface area contributed by atoms with Gasteiger partial charge in [0.1, 0.15) is 17.3 Å². The molecule has 0 fully saturated rings. The molecule has 0 aliphatic rings. The Kier molecular flexibility index (Phi) is 4.03. The fourth-order valence-electron chi connectivity index (χ4n) is 1.36. The molecule has 1 N–H and O–H groups in total. The predicted molar refractivity (Wildman–Crippen MR) is 64.8 cm³/mol. The van der Waals surface area contributed by atoms with Crippen molar-refractivity contribution in [2.45, 2.75) is 13.5 Å². The van der Waals surface area contributed by atoms with Crippen LogP contribution in [0.1, 0.15) is 12.6 Å². The summed E-state index contributed by atoms with van der Waals surface area (Å²) in [5, 5.41) is 7.64. The summed E-state index contributed by atoms with van der Waals surface area (Å²) >= 11 is 1.18. The molecule has 0 spiro atoms. The smallest absolute Gasteiger partial charge is 0.191 e. The molecule has 0 saturated carbocycles. The van der Waals surface area contributed by atoms with Crippen molar-refractivity contribution in [1.29, 1.82) is 0 Å². The molecule has 1 aromatic heterocycles. The fourth-order valence-corrected chi connectivity index (χ4v) is 1.99. The standard InChI is InChI=1S/C11H11F2N3OS/c1-2-14-11-9(15-16-18-11)6-17-10-7(12)4-3-5-8(10)13/h3-5,14H,2,6H2,1H3. The van der Waals surface area contributed by atoms with Crippen LogP contribution in [0.3, 0.4) is 0 Å². The van der Waals surface area contributed by atoms with Crippen LogP contribution in [0, 0.1) is 11.6 Å². The molecule has 0 radical (unpaired) electrons. The van der Waals surface area contributed by atoms with Crippen molar-refractivity contribution in [1.82, 2.24) is 9.59 Å². The van der Waals surface area contributed by atoms with E-state index in [0.717, 1.165) is 17.1 Å². The van der Waals surface area contributed by atoms with E-state index in [1.165, 1.54) is 17.6 Å². The predicted octanol–water partition coefficient (Wildman–Crippen LogP) is 2.83. The first-order valence-corrected chi connectivity index (χ1v) is 6.11. The van der Waals surface area contributed by atoms with Gasteiger partial charge in [-0.1, -0.05) is 10.6 Å². The second-order valence-electron chi connectivity index (χ2n) is 3.42. The van der Waals surface area contributed by atoms with E-state index in [1.807, 2.05) is 6.92 Å². The Morgan fingerprint density at radius 3 is 2.72 bits per heavy atom. The van der Waals surface area contributed by atoms with E-state index >= 15 is 0 Å². The molecule has 1 aromatic carbocycles. The number of hydrogen-bond donors (Lipinski definition) is 1. The van der Waals surface area contributed by atoms with E-state index in [-0.39, 0.29) is 6.61 Å². The van der Waals surface area contributed by atoms with Crippen LogP contribution in [-0.2, 0) is 6.61 Å². The molecule has 1 heterocycles. The fraction of sp³-hybridized carbons (Fsp3) is 0.273. The van der Waals surface area contributed by atoms with Gasteiger partial charge in [-0.15, -0.1) is 5.10 Å². The number of aromatic nitrogens is 2. The maximum absolute atomic E-state index is 13.3. The van der Waals surface area contributed by atoms with E-state index in [9.17, 15) is 8.78 Å². The van der Waals surface area contributed by atoms with Crippen molar-refractivity contribution in [3.8, 4) is 5.75 Å². The molecule has 0 amide bonds. The first-order chi connectivity index (χ1) is 8.72. The third-order valence-corrected chi connectivity index (χ3v) is 2.89. The average Bonchev–Trinajstić information content (AvgIpc) is 2.77. The molecule has 2 rings (SSSR count). The number of para-hydroxylation sites is 1. The molecule has 0 atom stereocenters. The number of hydrogen-bond acceptors (Lipinski definition) is 5. The first-order valence-electron chi connectivity index (χ1n) is 5.34. The quantitative estimate of drug-likeness (QED) is 0.908. The Balaban J connectivity index is 2.09. The summed E-state index contributed by atoms with van der Waals surface area (Å²) in [4.78, 5) is 0. The molecular weight excluding hydrogens is 260 g/mol. The van der Waals surface area contributed by atoms with Gasteiger partial charge in [0.05, 0.1) is 0 Å². The van der Waals surface area contributed by atoms with Gasteiger partial charge in [-0.05, 0) is 19.1 Å². The van der Waals surface area contributed by atoms with E-state index in [4.69, 9.17) is 4.74 Å². The maximum Gasteiger partial charge on any atom is 0.191 e. The second-order valence-corrected chi connectivity index (χ2v) is 4.17. The van der Waals surface area contributed by atoms with Crippen molar-refractivity contribution in [2.24, 2.45) is 0 Å². The first kappa shape index (κ1) is 12.7. The summed E-state index contributed by atoms with van der Waals surface area (Å²) < 4.78 is 35.5. The molecule has 4 nitrogen and oxygen atoms in total. The van der Waals surface area contributed by atoms with Crippen molar-refractivity contribution in [3.05, 3.63) is 35.5 Å². The van der Waals surface area contributed by atoms with E-state index in [2.05, 4.69) is 14.9 Å². The van der Waals surface area contributed by atoms with E-state index < -0.39 is 17.4 Å². The monoisotopic (exact) mass is 271 g/mol. The number of benzene rings is 1. The van der Waals surface area contributed by atoms with Gasteiger partial charge in [0.25, 0.3) is 0 Å². The summed E-state index contributed by atoms with van der Waals surface area (Å²) in [5.41, 5.74) is 0.532. The number of halogens is 2. The van der Waals surface area contributed by atoms with Crippen LogP contribution < -0.4 is 10.1 Å². The highest BCUT2D eigenvalue weighted by molar-refractivity contribution is 7.10. The minimum absolute atomic E-state index is 0.0311. The Morgan fingerprint density at radius 1 is 1.33 bits per heavy atom. The molecule has 0 aliphatic heterocycles. The summed E-state index contributed by atoms with van der Waals surface area (Å²) in [6.45, 7) is 2.61. The van der Waals surface area contributed by atoms with Crippen LogP contribution in [0.2, 0.25) is 0 Å². The summed E-state index contributed by atoms with van der Waals surface area (Å²) in [6, 6.07) is 3.57. The number of anilines is 1. The summed E-state index contributed by atoms with van der Waals surface area (Å²) in [5.74, 6) is -1.86. The molecule has 7 heteroatoms. The van der Waals surface area contributed by atoms with Gasteiger partial charge >= 0.3 is 0 Å². The Bertz CT molecular complexity index is 513. The van der Waals surface area contributed by atoms with Gasteiger partial charge in [0.2, 0.25) is 0 Å². The SMILES string of the molecule is CCNc1snnc1COc1c(F)cccc1F. The van der Waals surface area contributed by atoms with Crippen molar-refractivity contribution in [3.63, 3.8) is 0 Å². The molecule has 0 unspecified atom stereocenters. The number of ether oxygens (including phenoxy) is 1.